The molecule has 2 aromatic heterocycles. The van der Waals surface area contributed by atoms with Crippen molar-refractivity contribution in [2.45, 2.75) is 25.4 Å². The third-order valence-electron chi connectivity index (χ3n) is 5.65. The van der Waals surface area contributed by atoms with Crippen LogP contribution in [-0.4, -0.2) is 47.1 Å². The number of hydrogen-bond acceptors (Lipinski definition) is 4. The molecule has 162 valence electrons. The van der Waals surface area contributed by atoms with E-state index < -0.39 is 0 Å². The van der Waals surface area contributed by atoms with Crippen LogP contribution in [0.5, 0.6) is 0 Å². The lowest BCUT2D eigenvalue weighted by Gasteiger charge is -2.26. The van der Waals surface area contributed by atoms with Gasteiger partial charge in [-0.2, -0.15) is 0 Å². The van der Waals surface area contributed by atoms with Crippen LogP contribution in [0.3, 0.4) is 0 Å². The minimum atomic E-state index is -0.0764. The highest BCUT2D eigenvalue weighted by Gasteiger charge is 2.41. The molecule has 1 fully saturated rings. The molecule has 1 aromatic carbocycles. The van der Waals surface area contributed by atoms with Crippen molar-refractivity contribution >= 4 is 28.9 Å². The summed E-state index contributed by atoms with van der Waals surface area (Å²) in [5.74, 6) is 1.67. The molecule has 0 saturated carbocycles. The van der Waals surface area contributed by atoms with Crippen LogP contribution in [0.4, 0.5) is 0 Å². The maximum absolute atomic E-state index is 6.41. The van der Waals surface area contributed by atoms with Crippen LogP contribution in [-0.2, 0) is 0 Å². The second-order valence-electron chi connectivity index (χ2n) is 8.09. The molecule has 1 aliphatic rings. The second-order valence-corrected chi connectivity index (χ2v) is 8.89. The molecule has 1 N–H and O–H groups in total. The summed E-state index contributed by atoms with van der Waals surface area (Å²) in [6, 6.07) is 15.7. The Hall–Kier alpha value is -2.41. The summed E-state index contributed by atoms with van der Waals surface area (Å²) in [6.45, 7) is 3.84. The standard InChI is InChI=1S/C24H27ClN4OS/c1-16-17(8-6-9-18(16)25)20-11-12-21(30-20)23-22(19-10-4-5-13-26-19)27-24(31)29(23)15-7-14-28(2)3/h4-6,8-13,22-23H,7,14-15H2,1-3H3,(H,27,31)/t22-,23+/m1/s1. The molecular formula is C24H27ClN4OS. The summed E-state index contributed by atoms with van der Waals surface area (Å²) < 4.78 is 6.41. The van der Waals surface area contributed by atoms with Crippen molar-refractivity contribution in [1.82, 2.24) is 20.1 Å². The van der Waals surface area contributed by atoms with Gasteiger partial charge in [-0.3, -0.25) is 4.98 Å². The molecule has 4 rings (SSSR count). The second kappa shape index (κ2) is 9.39. The zero-order chi connectivity index (χ0) is 22.0. The fourth-order valence-corrected chi connectivity index (χ4v) is 4.55. The molecule has 3 heterocycles. The highest BCUT2D eigenvalue weighted by molar-refractivity contribution is 7.80. The monoisotopic (exact) mass is 454 g/mol. The van der Waals surface area contributed by atoms with Crippen LogP contribution in [0, 0.1) is 6.92 Å². The molecular weight excluding hydrogens is 428 g/mol. The number of pyridine rings is 1. The molecule has 1 aliphatic heterocycles. The van der Waals surface area contributed by atoms with Crippen molar-refractivity contribution in [3.63, 3.8) is 0 Å². The number of nitrogens with one attached hydrogen (secondary N) is 1. The molecule has 5 nitrogen and oxygen atoms in total. The molecule has 3 aromatic rings. The number of furan rings is 1. The van der Waals surface area contributed by atoms with E-state index in [1.807, 2.05) is 61.7 Å². The first-order valence-corrected chi connectivity index (χ1v) is 11.2. The lowest BCUT2D eigenvalue weighted by Crippen LogP contribution is -2.32. The Morgan fingerprint density at radius 2 is 2.00 bits per heavy atom. The normalized spacial score (nSPS) is 18.6. The van der Waals surface area contributed by atoms with Crippen LogP contribution in [0.15, 0.2) is 59.1 Å². The van der Waals surface area contributed by atoms with Crippen molar-refractivity contribution in [1.29, 1.82) is 0 Å². The van der Waals surface area contributed by atoms with Crippen molar-refractivity contribution < 1.29 is 4.42 Å². The number of benzene rings is 1. The first-order valence-electron chi connectivity index (χ1n) is 10.4. The van der Waals surface area contributed by atoms with Gasteiger partial charge in [-0.15, -0.1) is 0 Å². The Kier molecular flexibility index (Phi) is 6.60. The average molecular weight is 455 g/mol. The summed E-state index contributed by atoms with van der Waals surface area (Å²) in [5.41, 5.74) is 2.96. The van der Waals surface area contributed by atoms with E-state index in [4.69, 9.17) is 28.2 Å². The maximum atomic E-state index is 6.41. The fraction of sp³-hybridized carbons (Fsp3) is 0.333. The summed E-state index contributed by atoms with van der Waals surface area (Å²) >= 11 is 12.1. The molecule has 7 heteroatoms. The van der Waals surface area contributed by atoms with Gasteiger partial charge in [-0.25, -0.2) is 0 Å². The van der Waals surface area contributed by atoms with E-state index >= 15 is 0 Å². The van der Waals surface area contributed by atoms with E-state index in [9.17, 15) is 0 Å². The van der Waals surface area contributed by atoms with E-state index in [0.717, 1.165) is 58.0 Å². The molecule has 2 atom stereocenters. The van der Waals surface area contributed by atoms with Gasteiger partial charge in [0.05, 0.1) is 11.7 Å². The van der Waals surface area contributed by atoms with Gasteiger partial charge < -0.3 is 19.5 Å². The van der Waals surface area contributed by atoms with Crippen LogP contribution < -0.4 is 5.32 Å². The Morgan fingerprint density at radius 1 is 1.16 bits per heavy atom. The van der Waals surface area contributed by atoms with Crippen LogP contribution in [0.25, 0.3) is 11.3 Å². The Labute approximate surface area is 194 Å². The summed E-state index contributed by atoms with van der Waals surface area (Å²) in [4.78, 5) is 9.00. The van der Waals surface area contributed by atoms with Crippen molar-refractivity contribution in [2.24, 2.45) is 0 Å². The zero-order valence-electron chi connectivity index (χ0n) is 18.0. The minimum Gasteiger partial charge on any atom is -0.459 e. The molecule has 0 aliphatic carbocycles. The molecule has 1 saturated heterocycles. The van der Waals surface area contributed by atoms with Crippen LogP contribution in [0.2, 0.25) is 5.02 Å². The van der Waals surface area contributed by atoms with E-state index in [2.05, 4.69) is 34.2 Å². The molecule has 0 bridgehead atoms. The lowest BCUT2D eigenvalue weighted by molar-refractivity contribution is 0.261. The van der Waals surface area contributed by atoms with E-state index in [-0.39, 0.29) is 12.1 Å². The number of thiocarbonyl (C=S) groups is 1. The summed E-state index contributed by atoms with van der Waals surface area (Å²) in [6.07, 6.45) is 2.82. The third-order valence-corrected chi connectivity index (χ3v) is 6.42. The van der Waals surface area contributed by atoms with Crippen molar-refractivity contribution in [3.05, 3.63) is 76.8 Å². The number of hydrogen-bond donors (Lipinski definition) is 1. The van der Waals surface area contributed by atoms with Gasteiger partial charge >= 0.3 is 0 Å². The Morgan fingerprint density at radius 3 is 2.74 bits per heavy atom. The predicted molar refractivity (Wildman–Crippen MR) is 129 cm³/mol. The molecule has 31 heavy (non-hydrogen) atoms. The van der Waals surface area contributed by atoms with Gasteiger partial charge in [0.15, 0.2) is 5.11 Å². The highest BCUT2D eigenvalue weighted by Crippen LogP contribution is 2.41. The zero-order valence-corrected chi connectivity index (χ0v) is 19.6. The topological polar surface area (TPSA) is 44.5 Å². The van der Waals surface area contributed by atoms with Crippen LogP contribution in [0.1, 0.15) is 35.5 Å². The van der Waals surface area contributed by atoms with Gasteiger partial charge in [0, 0.05) is 23.3 Å². The largest absolute Gasteiger partial charge is 0.459 e. The number of aromatic nitrogens is 1. The fourth-order valence-electron chi connectivity index (χ4n) is 4.04. The molecule has 0 amide bonds. The quantitative estimate of drug-likeness (QED) is 0.493. The smallest absolute Gasteiger partial charge is 0.170 e. The SMILES string of the molecule is Cc1c(Cl)cccc1-c1ccc([C@H]2[C@@H](c3ccccn3)NC(=S)N2CCCN(C)C)o1. The molecule has 0 radical (unpaired) electrons. The first kappa shape index (κ1) is 21.8. The number of nitrogens with zero attached hydrogens (tertiary/aromatic N) is 3. The minimum absolute atomic E-state index is 0.0715. The van der Waals surface area contributed by atoms with E-state index in [0.29, 0.717) is 0 Å². The summed E-state index contributed by atoms with van der Waals surface area (Å²) in [7, 11) is 4.17. The van der Waals surface area contributed by atoms with Gasteiger partial charge in [0.25, 0.3) is 0 Å². The summed E-state index contributed by atoms with van der Waals surface area (Å²) in [5, 5.41) is 4.94. The highest BCUT2D eigenvalue weighted by atomic mass is 35.5. The third kappa shape index (κ3) is 4.61. The van der Waals surface area contributed by atoms with Crippen molar-refractivity contribution in [2.75, 3.05) is 27.2 Å². The Balaban J connectivity index is 1.69. The number of halogens is 1. The van der Waals surface area contributed by atoms with Gasteiger partial charge in [0.1, 0.15) is 17.6 Å². The maximum Gasteiger partial charge on any atom is 0.170 e. The molecule has 0 unspecified atom stereocenters. The first-order chi connectivity index (χ1) is 15.0. The number of rotatable bonds is 7. The van der Waals surface area contributed by atoms with Gasteiger partial charge in [-0.1, -0.05) is 29.8 Å². The molecule has 0 spiro atoms. The lowest BCUT2D eigenvalue weighted by atomic mass is 10.0. The van der Waals surface area contributed by atoms with Crippen LogP contribution >= 0.6 is 23.8 Å². The van der Waals surface area contributed by atoms with E-state index in [1.165, 1.54) is 0 Å². The Bertz CT molecular complexity index is 1050. The van der Waals surface area contributed by atoms with Gasteiger partial charge in [0.2, 0.25) is 0 Å². The van der Waals surface area contributed by atoms with Gasteiger partial charge in [-0.05, 0) is 82.1 Å². The predicted octanol–water partition coefficient (Wildman–Crippen LogP) is 5.23. The van der Waals surface area contributed by atoms with E-state index in [1.54, 1.807) is 0 Å². The average Bonchev–Trinajstić information content (AvgIpc) is 3.35. The van der Waals surface area contributed by atoms with Crippen molar-refractivity contribution in [3.8, 4) is 11.3 Å².